The van der Waals surface area contributed by atoms with Crippen LogP contribution in [0.15, 0.2) is 29.4 Å². The summed E-state index contributed by atoms with van der Waals surface area (Å²) in [5.41, 5.74) is 5.79. The molecule has 0 radical (unpaired) electrons. The van der Waals surface area contributed by atoms with Gasteiger partial charge in [-0.2, -0.15) is 0 Å². The first-order valence-electron chi connectivity index (χ1n) is 5.97. The third kappa shape index (κ3) is 2.66. The Hall–Kier alpha value is -1.75. The minimum absolute atomic E-state index is 0.000422. The van der Waals surface area contributed by atoms with E-state index in [-0.39, 0.29) is 11.7 Å². The van der Waals surface area contributed by atoms with Crippen LogP contribution in [0.3, 0.4) is 0 Å². The molecule has 1 aliphatic rings. The van der Waals surface area contributed by atoms with Crippen molar-refractivity contribution in [2.75, 3.05) is 7.05 Å². The Morgan fingerprint density at radius 2 is 2.05 bits per heavy atom. The van der Waals surface area contributed by atoms with Gasteiger partial charge in [0.05, 0.1) is 0 Å². The molecule has 5 nitrogen and oxygen atoms in total. The van der Waals surface area contributed by atoms with E-state index < -0.39 is 5.41 Å². The number of halogens is 1. The van der Waals surface area contributed by atoms with Crippen LogP contribution in [-0.4, -0.2) is 28.9 Å². The van der Waals surface area contributed by atoms with Gasteiger partial charge in [-0.1, -0.05) is 28.9 Å². The molecule has 1 amide bonds. The number of nitrogens with zero attached hydrogens (tertiary/aromatic N) is 2. The highest BCUT2D eigenvalue weighted by molar-refractivity contribution is 6.30. The lowest BCUT2D eigenvalue weighted by Gasteiger charge is -2.22. The summed E-state index contributed by atoms with van der Waals surface area (Å²) in [7, 11) is 1.71. The van der Waals surface area contributed by atoms with E-state index in [1.807, 2.05) is 12.1 Å². The van der Waals surface area contributed by atoms with Crippen molar-refractivity contribution in [1.29, 1.82) is 0 Å². The third-order valence-electron chi connectivity index (χ3n) is 3.44. The third-order valence-corrected chi connectivity index (χ3v) is 3.69. The second-order valence-corrected chi connectivity index (χ2v) is 5.29. The van der Waals surface area contributed by atoms with E-state index in [0.29, 0.717) is 24.4 Å². The number of carbonyl (C=O) groups is 1. The predicted molar refractivity (Wildman–Crippen MR) is 73.0 cm³/mol. The molecule has 2 rings (SSSR count). The van der Waals surface area contributed by atoms with Crippen LogP contribution in [0.25, 0.3) is 0 Å². The minimum atomic E-state index is -0.796. The molecule has 0 heterocycles. The Morgan fingerprint density at radius 1 is 1.47 bits per heavy atom. The van der Waals surface area contributed by atoms with Crippen molar-refractivity contribution in [3.8, 4) is 0 Å². The highest BCUT2D eigenvalue weighted by Crippen LogP contribution is 2.47. The van der Waals surface area contributed by atoms with Crippen LogP contribution in [0.5, 0.6) is 0 Å². The van der Waals surface area contributed by atoms with Gasteiger partial charge in [0.25, 0.3) is 0 Å². The van der Waals surface area contributed by atoms with Crippen molar-refractivity contribution in [2.24, 2.45) is 16.3 Å². The molecule has 1 saturated carbocycles. The van der Waals surface area contributed by atoms with Crippen molar-refractivity contribution in [3.05, 3.63) is 34.9 Å². The molecule has 0 unspecified atom stereocenters. The van der Waals surface area contributed by atoms with Crippen molar-refractivity contribution in [1.82, 2.24) is 4.90 Å². The first-order valence-corrected chi connectivity index (χ1v) is 6.35. The molecule has 0 spiro atoms. The predicted octanol–water partition coefficient (Wildman–Crippen LogP) is 1.82. The zero-order chi connectivity index (χ0) is 14.0. The average Bonchev–Trinajstić information content (AvgIpc) is 3.21. The lowest BCUT2D eigenvalue weighted by atomic mass is 10.0. The fraction of sp³-hybridized carbons (Fsp3) is 0.385. The van der Waals surface area contributed by atoms with E-state index >= 15 is 0 Å². The van der Waals surface area contributed by atoms with Gasteiger partial charge in [-0.05, 0) is 30.5 Å². The number of rotatable bonds is 4. The highest BCUT2D eigenvalue weighted by Gasteiger charge is 2.55. The maximum atomic E-state index is 12.3. The molecular formula is C13H16ClN3O2. The Balaban J connectivity index is 2.06. The Bertz CT molecular complexity index is 509. The average molecular weight is 282 g/mol. The summed E-state index contributed by atoms with van der Waals surface area (Å²) in [6.07, 6.45) is 1.26. The van der Waals surface area contributed by atoms with Crippen LogP contribution in [0.2, 0.25) is 5.02 Å². The van der Waals surface area contributed by atoms with Gasteiger partial charge in [0.1, 0.15) is 5.41 Å². The minimum Gasteiger partial charge on any atom is -0.409 e. The monoisotopic (exact) mass is 281 g/mol. The SMILES string of the molecule is CN(Cc1ccc(Cl)cc1)C(=O)C1(/C(N)=N/O)CC1. The molecule has 6 heteroatoms. The Kier molecular flexibility index (Phi) is 3.66. The van der Waals surface area contributed by atoms with Gasteiger partial charge in [-0.3, -0.25) is 4.79 Å². The second-order valence-electron chi connectivity index (χ2n) is 4.86. The number of amidine groups is 1. The number of amides is 1. The van der Waals surface area contributed by atoms with Gasteiger partial charge < -0.3 is 15.8 Å². The molecule has 19 heavy (non-hydrogen) atoms. The number of benzene rings is 1. The van der Waals surface area contributed by atoms with Gasteiger partial charge in [-0.15, -0.1) is 0 Å². The molecule has 1 aliphatic carbocycles. The number of oxime groups is 1. The molecule has 0 saturated heterocycles. The number of carbonyl (C=O) groups excluding carboxylic acids is 1. The normalized spacial score (nSPS) is 17.1. The summed E-state index contributed by atoms with van der Waals surface area (Å²) in [6.45, 7) is 0.469. The maximum absolute atomic E-state index is 12.3. The summed E-state index contributed by atoms with van der Waals surface area (Å²) in [5, 5.41) is 12.4. The topological polar surface area (TPSA) is 78.9 Å². The standard InChI is InChI=1S/C13H16ClN3O2/c1-17(8-9-2-4-10(14)5-3-9)12(18)13(6-7-13)11(15)16-19/h2-5,19H,6-8H2,1H3,(H2,15,16). The zero-order valence-corrected chi connectivity index (χ0v) is 11.4. The fourth-order valence-electron chi connectivity index (χ4n) is 2.10. The van der Waals surface area contributed by atoms with Gasteiger partial charge >= 0.3 is 0 Å². The summed E-state index contributed by atoms with van der Waals surface area (Å²) in [4.78, 5) is 13.9. The Labute approximate surface area is 116 Å². The molecule has 0 aliphatic heterocycles. The molecule has 0 aromatic heterocycles. The van der Waals surface area contributed by atoms with Crippen LogP contribution < -0.4 is 5.73 Å². The van der Waals surface area contributed by atoms with Gasteiger partial charge in [0.2, 0.25) is 5.91 Å². The zero-order valence-electron chi connectivity index (χ0n) is 10.6. The first-order chi connectivity index (χ1) is 8.99. The molecule has 1 aromatic rings. The van der Waals surface area contributed by atoms with E-state index in [9.17, 15) is 4.79 Å². The largest absolute Gasteiger partial charge is 0.409 e. The van der Waals surface area contributed by atoms with Crippen molar-refractivity contribution in [2.45, 2.75) is 19.4 Å². The van der Waals surface area contributed by atoms with Gasteiger partial charge in [-0.25, -0.2) is 0 Å². The summed E-state index contributed by atoms with van der Waals surface area (Å²) >= 11 is 5.81. The fourth-order valence-corrected chi connectivity index (χ4v) is 2.23. The molecule has 0 bridgehead atoms. The van der Waals surface area contributed by atoms with E-state index in [1.54, 1.807) is 24.1 Å². The van der Waals surface area contributed by atoms with Gasteiger partial charge in [0.15, 0.2) is 5.84 Å². The lowest BCUT2D eigenvalue weighted by Crippen LogP contribution is -2.41. The smallest absolute Gasteiger partial charge is 0.236 e. The Morgan fingerprint density at radius 3 is 2.53 bits per heavy atom. The molecule has 1 aromatic carbocycles. The highest BCUT2D eigenvalue weighted by atomic mass is 35.5. The molecule has 102 valence electrons. The number of hydrogen-bond acceptors (Lipinski definition) is 3. The number of nitrogens with two attached hydrogens (primary N) is 1. The number of hydrogen-bond donors (Lipinski definition) is 2. The summed E-state index contributed by atoms with van der Waals surface area (Å²) in [6, 6.07) is 7.31. The van der Waals surface area contributed by atoms with Crippen molar-refractivity contribution < 1.29 is 10.0 Å². The van der Waals surface area contributed by atoms with Crippen LogP contribution in [0.4, 0.5) is 0 Å². The van der Waals surface area contributed by atoms with E-state index in [1.165, 1.54) is 0 Å². The molecular weight excluding hydrogens is 266 g/mol. The first kappa shape index (κ1) is 13.7. The van der Waals surface area contributed by atoms with E-state index in [4.69, 9.17) is 22.5 Å². The molecule has 0 atom stereocenters. The lowest BCUT2D eigenvalue weighted by molar-refractivity contribution is -0.133. The van der Waals surface area contributed by atoms with Crippen LogP contribution in [0, 0.1) is 5.41 Å². The van der Waals surface area contributed by atoms with Gasteiger partial charge in [0, 0.05) is 18.6 Å². The van der Waals surface area contributed by atoms with E-state index in [2.05, 4.69) is 5.16 Å². The van der Waals surface area contributed by atoms with E-state index in [0.717, 1.165) is 5.56 Å². The summed E-state index contributed by atoms with van der Waals surface area (Å²) < 4.78 is 0. The van der Waals surface area contributed by atoms with Crippen molar-refractivity contribution in [3.63, 3.8) is 0 Å². The van der Waals surface area contributed by atoms with Crippen LogP contribution in [0.1, 0.15) is 18.4 Å². The van der Waals surface area contributed by atoms with Crippen molar-refractivity contribution >= 4 is 23.3 Å². The molecule has 3 N–H and O–H groups in total. The van der Waals surface area contributed by atoms with Crippen LogP contribution in [-0.2, 0) is 11.3 Å². The second kappa shape index (κ2) is 5.09. The van der Waals surface area contributed by atoms with Crippen LogP contribution >= 0.6 is 11.6 Å². The maximum Gasteiger partial charge on any atom is 0.236 e. The molecule has 1 fully saturated rings. The quantitative estimate of drug-likeness (QED) is 0.382. The summed E-state index contributed by atoms with van der Waals surface area (Å²) in [5.74, 6) is -0.113.